The van der Waals surface area contributed by atoms with E-state index in [2.05, 4.69) is 6.92 Å². The van der Waals surface area contributed by atoms with E-state index < -0.39 is 0 Å². The molecule has 12 heavy (non-hydrogen) atoms. The number of Topliss-reactive ketones (excluding diaryl/α,β-unsaturated/α-hetero) is 1. The zero-order chi connectivity index (χ0) is 8.81. The van der Waals surface area contributed by atoms with Gasteiger partial charge in [0, 0.05) is 6.42 Å². The molecule has 0 N–H and O–H groups in total. The van der Waals surface area contributed by atoms with Crippen LogP contribution in [0.25, 0.3) is 0 Å². The molecule has 66 valence electrons. The van der Waals surface area contributed by atoms with Crippen LogP contribution in [0.2, 0.25) is 0 Å². The summed E-state index contributed by atoms with van der Waals surface area (Å²) in [5.74, 6) is 0.192. The molecular formula is C10H14O2. The van der Waals surface area contributed by atoms with E-state index in [4.69, 9.17) is 4.42 Å². The van der Waals surface area contributed by atoms with Crippen LogP contribution < -0.4 is 0 Å². The lowest BCUT2D eigenvalue weighted by Gasteiger charge is -1.95. The van der Waals surface area contributed by atoms with Crippen molar-refractivity contribution in [2.24, 2.45) is 0 Å². The van der Waals surface area contributed by atoms with Gasteiger partial charge in [-0.2, -0.15) is 0 Å². The molecule has 0 atom stereocenters. The first-order valence-corrected chi connectivity index (χ1v) is 4.40. The van der Waals surface area contributed by atoms with Crippen molar-refractivity contribution in [1.29, 1.82) is 0 Å². The molecule has 0 aliphatic heterocycles. The lowest BCUT2D eigenvalue weighted by Crippen LogP contribution is -1.96. The monoisotopic (exact) mass is 166 g/mol. The van der Waals surface area contributed by atoms with E-state index in [1.54, 1.807) is 6.07 Å². The summed E-state index contributed by atoms with van der Waals surface area (Å²) in [6, 6.07) is 1.72. The van der Waals surface area contributed by atoms with Crippen LogP contribution in [0, 0.1) is 0 Å². The predicted molar refractivity (Wildman–Crippen MR) is 47.2 cm³/mol. The Hall–Kier alpha value is -1.05. The number of carbonyl (C=O) groups excluding carboxylic acids is 1. The van der Waals surface area contributed by atoms with Gasteiger partial charge < -0.3 is 4.42 Å². The Kier molecular flexibility index (Phi) is 3.58. The number of hydrogen-bond acceptors (Lipinski definition) is 2. The summed E-state index contributed by atoms with van der Waals surface area (Å²) < 4.78 is 4.82. The summed E-state index contributed by atoms with van der Waals surface area (Å²) in [6.45, 7) is 2.13. The number of hydrogen-bond donors (Lipinski definition) is 0. The van der Waals surface area contributed by atoms with Crippen molar-refractivity contribution in [3.05, 3.63) is 24.2 Å². The number of carbonyl (C=O) groups is 1. The molecule has 0 fully saturated rings. The zero-order valence-corrected chi connectivity index (χ0v) is 7.38. The largest absolute Gasteiger partial charge is 0.472 e. The highest BCUT2D eigenvalue weighted by Crippen LogP contribution is 2.08. The van der Waals surface area contributed by atoms with Crippen LogP contribution in [0.4, 0.5) is 0 Å². The highest BCUT2D eigenvalue weighted by Gasteiger charge is 2.05. The van der Waals surface area contributed by atoms with Gasteiger partial charge in [0.1, 0.15) is 6.26 Å². The van der Waals surface area contributed by atoms with E-state index in [9.17, 15) is 4.79 Å². The molecule has 0 aromatic carbocycles. The van der Waals surface area contributed by atoms with Crippen LogP contribution in [0.15, 0.2) is 23.0 Å². The van der Waals surface area contributed by atoms with Crippen molar-refractivity contribution in [1.82, 2.24) is 0 Å². The van der Waals surface area contributed by atoms with Gasteiger partial charge in [-0.1, -0.05) is 19.8 Å². The number of furan rings is 1. The highest BCUT2D eigenvalue weighted by molar-refractivity contribution is 5.95. The maximum Gasteiger partial charge on any atom is 0.166 e. The minimum Gasteiger partial charge on any atom is -0.472 e. The molecule has 0 saturated heterocycles. The topological polar surface area (TPSA) is 30.2 Å². The molecule has 0 bridgehead atoms. The normalized spacial score (nSPS) is 10.1. The van der Waals surface area contributed by atoms with Crippen LogP contribution >= 0.6 is 0 Å². The van der Waals surface area contributed by atoms with Gasteiger partial charge in [0.2, 0.25) is 0 Å². The van der Waals surface area contributed by atoms with Crippen molar-refractivity contribution in [2.75, 3.05) is 0 Å². The second-order valence-electron chi connectivity index (χ2n) is 2.89. The minimum absolute atomic E-state index is 0.192. The molecule has 0 radical (unpaired) electrons. The minimum atomic E-state index is 0.192. The lowest BCUT2D eigenvalue weighted by atomic mass is 10.1. The van der Waals surface area contributed by atoms with Gasteiger partial charge in [-0.05, 0) is 12.5 Å². The standard InChI is InChI=1S/C10H14O2/c1-2-3-4-5-10(11)9-6-7-12-8-9/h6-8H,2-5H2,1H3. The maximum absolute atomic E-state index is 11.3. The van der Waals surface area contributed by atoms with E-state index in [0.717, 1.165) is 19.3 Å². The van der Waals surface area contributed by atoms with Crippen molar-refractivity contribution in [2.45, 2.75) is 32.6 Å². The molecule has 1 heterocycles. The van der Waals surface area contributed by atoms with Crippen LogP contribution in [-0.4, -0.2) is 5.78 Å². The van der Waals surface area contributed by atoms with Gasteiger partial charge in [-0.15, -0.1) is 0 Å². The van der Waals surface area contributed by atoms with Gasteiger partial charge in [0.15, 0.2) is 5.78 Å². The quantitative estimate of drug-likeness (QED) is 0.497. The van der Waals surface area contributed by atoms with E-state index in [0.29, 0.717) is 12.0 Å². The van der Waals surface area contributed by atoms with E-state index >= 15 is 0 Å². The Labute approximate surface area is 72.6 Å². The van der Waals surface area contributed by atoms with E-state index in [1.807, 2.05) is 0 Å². The average molecular weight is 166 g/mol. The van der Waals surface area contributed by atoms with Crippen molar-refractivity contribution in [3.8, 4) is 0 Å². The SMILES string of the molecule is CCCCCC(=O)c1ccoc1. The fourth-order valence-electron chi connectivity index (χ4n) is 1.10. The van der Waals surface area contributed by atoms with Gasteiger partial charge >= 0.3 is 0 Å². The summed E-state index contributed by atoms with van der Waals surface area (Å²) in [5.41, 5.74) is 0.700. The van der Waals surface area contributed by atoms with Crippen molar-refractivity contribution >= 4 is 5.78 Å². The fourth-order valence-corrected chi connectivity index (χ4v) is 1.10. The van der Waals surface area contributed by atoms with Crippen molar-refractivity contribution < 1.29 is 9.21 Å². The Bertz CT molecular complexity index is 224. The molecular weight excluding hydrogens is 152 g/mol. The first-order chi connectivity index (χ1) is 5.84. The smallest absolute Gasteiger partial charge is 0.166 e. The Morgan fingerprint density at radius 2 is 2.33 bits per heavy atom. The number of ketones is 1. The molecule has 0 aliphatic rings. The molecule has 0 saturated carbocycles. The van der Waals surface area contributed by atoms with Gasteiger partial charge in [-0.3, -0.25) is 4.79 Å². The first-order valence-electron chi connectivity index (χ1n) is 4.40. The Morgan fingerprint density at radius 1 is 1.50 bits per heavy atom. The van der Waals surface area contributed by atoms with Crippen LogP contribution in [0.5, 0.6) is 0 Å². The summed E-state index contributed by atoms with van der Waals surface area (Å²) in [5, 5.41) is 0. The highest BCUT2D eigenvalue weighted by atomic mass is 16.3. The molecule has 0 unspecified atom stereocenters. The third-order valence-corrected chi connectivity index (χ3v) is 1.85. The summed E-state index contributed by atoms with van der Waals surface area (Å²) in [7, 11) is 0. The van der Waals surface area contributed by atoms with Gasteiger partial charge in [0.25, 0.3) is 0 Å². The van der Waals surface area contributed by atoms with Crippen molar-refractivity contribution in [3.63, 3.8) is 0 Å². The molecule has 1 rings (SSSR count). The number of rotatable bonds is 5. The van der Waals surface area contributed by atoms with Gasteiger partial charge in [-0.25, -0.2) is 0 Å². The Morgan fingerprint density at radius 3 is 2.92 bits per heavy atom. The van der Waals surface area contributed by atoms with E-state index in [-0.39, 0.29) is 5.78 Å². The third kappa shape index (κ3) is 2.53. The first kappa shape index (κ1) is 9.04. The molecule has 2 nitrogen and oxygen atoms in total. The Balaban J connectivity index is 2.30. The molecule has 1 aromatic heterocycles. The summed E-state index contributed by atoms with van der Waals surface area (Å²) >= 11 is 0. The molecule has 1 aromatic rings. The van der Waals surface area contributed by atoms with Crippen LogP contribution in [0.3, 0.4) is 0 Å². The second kappa shape index (κ2) is 4.75. The second-order valence-corrected chi connectivity index (χ2v) is 2.89. The average Bonchev–Trinajstić information content (AvgIpc) is 2.56. The predicted octanol–water partition coefficient (Wildman–Crippen LogP) is 3.04. The summed E-state index contributed by atoms with van der Waals surface area (Å²) in [6.07, 6.45) is 6.96. The maximum atomic E-state index is 11.3. The molecule has 2 heteroatoms. The van der Waals surface area contributed by atoms with E-state index in [1.165, 1.54) is 12.5 Å². The van der Waals surface area contributed by atoms with Crippen LogP contribution in [0.1, 0.15) is 43.0 Å². The lowest BCUT2D eigenvalue weighted by molar-refractivity contribution is 0.0978. The summed E-state index contributed by atoms with van der Waals surface area (Å²) in [4.78, 5) is 11.3. The molecule has 0 amide bonds. The van der Waals surface area contributed by atoms with Gasteiger partial charge in [0.05, 0.1) is 11.8 Å². The zero-order valence-electron chi connectivity index (χ0n) is 7.38. The third-order valence-electron chi connectivity index (χ3n) is 1.85. The molecule has 0 aliphatic carbocycles. The number of unbranched alkanes of at least 4 members (excludes halogenated alkanes) is 2. The van der Waals surface area contributed by atoms with Crippen LogP contribution in [-0.2, 0) is 0 Å². The molecule has 0 spiro atoms. The fraction of sp³-hybridized carbons (Fsp3) is 0.500.